The number of carbonyl (C=O) groups is 1. The lowest BCUT2D eigenvalue weighted by Crippen LogP contribution is -2.23. The van der Waals surface area contributed by atoms with Crippen molar-refractivity contribution in [1.82, 2.24) is 9.55 Å². The molecule has 0 amide bonds. The number of fused-ring (bicyclic) bond motifs is 1. The summed E-state index contributed by atoms with van der Waals surface area (Å²) in [5, 5.41) is 0.747. The molecule has 5 nitrogen and oxygen atoms in total. The van der Waals surface area contributed by atoms with Gasteiger partial charge in [0.1, 0.15) is 5.25 Å². The topological polar surface area (TPSA) is 61.2 Å². The number of hydrogen-bond acceptors (Lipinski definition) is 5. The van der Waals surface area contributed by atoms with Gasteiger partial charge < -0.3 is 4.74 Å². The van der Waals surface area contributed by atoms with Crippen molar-refractivity contribution in [3.05, 3.63) is 64.4 Å². The summed E-state index contributed by atoms with van der Waals surface area (Å²) in [6.45, 7) is 2.51. The molecule has 6 heteroatoms. The van der Waals surface area contributed by atoms with Gasteiger partial charge in [0.15, 0.2) is 5.16 Å². The summed E-state index contributed by atoms with van der Waals surface area (Å²) in [7, 11) is 0. The van der Waals surface area contributed by atoms with Crippen LogP contribution in [0.15, 0.2) is 58.5 Å². The normalized spacial score (nSPS) is 16.8. The van der Waals surface area contributed by atoms with Gasteiger partial charge in [-0.2, -0.15) is 0 Å². The van der Waals surface area contributed by atoms with Gasteiger partial charge in [-0.15, -0.1) is 0 Å². The number of esters is 1. The highest BCUT2D eigenvalue weighted by Crippen LogP contribution is 2.30. The molecule has 1 saturated heterocycles. The highest BCUT2D eigenvalue weighted by molar-refractivity contribution is 8.00. The molecule has 26 heavy (non-hydrogen) atoms. The molecule has 2 aromatic carbocycles. The van der Waals surface area contributed by atoms with Crippen molar-refractivity contribution >= 4 is 28.6 Å². The quantitative estimate of drug-likeness (QED) is 0.523. The molecule has 1 aromatic heterocycles. The molecule has 0 unspecified atom stereocenters. The minimum absolute atomic E-state index is 0.131. The van der Waals surface area contributed by atoms with Gasteiger partial charge in [-0.3, -0.25) is 14.2 Å². The Bertz CT molecular complexity index is 1030. The van der Waals surface area contributed by atoms with Crippen LogP contribution in [0.4, 0.5) is 0 Å². The number of ether oxygens (including phenoxy) is 1. The predicted molar refractivity (Wildman–Crippen MR) is 102 cm³/mol. The van der Waals surface area contributed by atoms with Crippen LogP contribution in [0.3, 0.4) is 0 Å². The van der Waals surface area contributed by atoms with Crippen LogP contribution in [-0.2, 0) is 16.0 Å². The minimum Gasteiger partial charge on any atom is -0.465 e. The van der Waals surface area contributed by atoms with Crippen LogP contribution < -0.4 is 5.56 Å². The van der Waals surface area contributed by atoms with E-state index < -0.39 is 0 Å². The van der Waals surface area contributed by atoms with Crippen LogP contribution in [0.25, 0.3) is 16.6 Å². The molecular formula is C20H18N2O3S. The predicted octanol–water partition coefficient (Wildman–Crippen LogP) is 3.36. The molecule has 1 aliphatic heterocycles. The van der Waals surface area contributed by atoms with E-state index in [0.717, 1.165) is 12.1 Å². The van der Waals surface area contributed by atoms with Crippen LogP contribution >= 0.6 is 11.8 Å². The number of para-hydroxylation sites is 1. The molecule has 0 saturated carbocycles. The largest absolute Gasteiger partial charge is 0.465 e. The van der Waals surface area contributed by atoms with Crippen LogP contribution in [0.1, 0.15) is 18.9 Å². The zero-order valence-corrected chi connectivity index (χ0v) is 15.2. The Hall–Kier alpha value is -2.60. The summed E-state index contributed by atoms with van der Waals surface area (Å²) in [5.41, 5.74) is 2.45. The number of thioether (sulfide) groups is 1. The van der Waals surface area contributed by atoms with Crippen LogP contribution in [0.5, 0.6) is 0 Å². The molecule has 0 radical (unpaired) electrons. The van der Waals surface area contributed by atoms with Crippen molar-refractivity contribution in [2.24, 2.45) is 0 Å². The van der Waals surface area contributed by atoms with E-state index in [4.69, 9.17) is 4.74 Å². The maximum absolute atomic E-state index is 13.2. The highest BCUT2D eigenvalue weighted by atomic mass is 32.2. The van der Waals surface area contributed by atoms with E-state index in [0.29, 0.717) is 29.1 Å². The molecule has 0 aliphatic carbocycles. The van der Waals surface area contributed by atoms with Gasteiger partial charge in [-0.1, -0.05) is 43.0 Å². The first-order chi connectivity index (χ1) is 12.7. The summed E-state index contributed by atoms with van der Waals surface area (Å²) < 4.78 is 6.65. The minimum atomic E-state index is -0.329. The Kier molecular flexibility index (Phi) is 4.51. The Morgan fingerprint density at radius 2 is 1.92 bits per heavy atom. The lowest BCUT2D eigenvalue weighted by molar-refractivity contribution is -0.137. The van der Waals surface area contributed by atoms with E-state index in [1.54, 1.807) is 10.6 Å². The third-order valence-electron chi connectivity index (χ3n) is 4.48. The fourth-order valence-electron chi connectivity index (χ4n) is 3.01. The molecule has 0 N–H and O–H groups in total. The molecule has 132 valence electrons. The van der Waals surface area contributed by atoms with E-state index in [9.17, 15) is 9.59 Å². The van der Waals surface area contributed by atoms with Crippen LogP contribution in [0.2, 0.25) is 0 Å². The second-order valence-electron chi connectivity index (χ2n) is 6.13. The smallest absolute Gasteiger partial charge is 0.319 e. The Balaban J connectivity index is 1.89. The zero-order chi connectivity index (χ0) is 18.1. The molecule has 3 aromatic rings. The third kappa shape index (κ3) is 3.01. The van der Waals surface area contributed by atoms with Crippen molar-refractivity contribution in [1.29, 1.82) is 0 Å². The third-order valence-corrected chi connectivity index (χ3v) is 5.68. The fourth-order valence-corrected chi connectivity index (χ4v) is 4.09. The van der Waals surface area contributed by atoms with Crippen molar-refractivity contribution in [3.8, 4) is 5.69 Å². The van der Waals surface area contributed by atoms with Gasteiger partial charge >= 0.3 is 5.97 Å². The summed E-state index contributed by atoms with van der Waals surface area (Å²) >= 11 is 1.30. The number of nitrogens with zero attached hydrogens (tertiary/aromatic N) is 2. The first-order valence-corrected chi connectivity index (χ1v) is 9.49. The SMILES string of the molecule is CCc1ccc(-n2c(S[C@H]3CCOC3=O)nc3ccccc3c2=O)cc1. The number of hydrogen-bond donors (Lipinski definition) is 0. The Morgan fingerprint density at radius 1 is 1.15 bits per heavy atom. The summed E-state index contributed by atoms with van der Waals surface area (Å²) in [6, 6.07) is 15.1. The second kappa shape index (κ2) is 6.96. The molecule has 1 atom stereocenters. The van der Waals surface area contributed by atoms with Crippen molar-refractivity contribution in [2.45, 2.75) is 30.2 Å². The van der Waals surface area contributed by atoms with Gasteiger partial charge in [-0.25, -0.2) is 4.98 Å². The number of carbonyl (C=O) groups excluding carboxylic acids is 1. The van der Waals surface area contributed by atoms with Crippen molar-refractivity contribution < 1.29 is 9.53 Å². The first kappa shape index (κ1) is 16.8. The maximum atomic E-state index is 13.2. The Morgan fingerprint density at radius 3 is 2.62 bits per heavy atom. The zero-order valence-electron chi connectivity index (χ0n) is 14.3. The Labute approximate surface area is 155 Å². The van der Waals surface area contributed by atoms with Crippen molar-refractivity contribution in [3.63, 3.8) is 0 Å². The highest BCUT2D eigenvalue weighted by Gasteiger charge is 2.29. The standard InChI is InChI=1S/C20H18N2O3S/c1-2-13-7-9-14(10-8-13)22-18(23)15-5-3-4-6-16(15)21-20(22)26-17-11-12-25-19(17)24/h3-10,17H,2,11-12H2,1H3/t17-/m0/s1. The summed E-state index contributed by atoms with van der Waals surface area (Å²) in [4.78, 5) is 29.7. The van der Waals surface area contributed by atoms with Crippen LogP contribution in [-0.4, -0.2) is 27.4 Å². The van der Waals surface area contributed by atoms with Gasteiger partial charge in [0.05, 0.1) is 23.2 Å². The number of benzene rings is 2. The number of cyclic esters (lactones) is 1. The van der Waals surface area contributed by atoms with E-state index in [1.807, 2.05) is 42.5 Å². The number of rotatable bonds is 4. The first-order valence-electron chi connectivity index (χ1n) is 8.62. The second-order valence-corrected chi connectivity index (χ2v) is 7.30. The van der Waals surface area contributed by atoms with E-state index in [2.05, 4.69) is 11.9 Å². The van der Waals surface area contributed by atoms with Crippen LogP contribution in [0, 0.1) is 0 Å². The molecule has 2 heterocycles. The molecule has 1 fully saturated rings. The monoisotopic (exact) mass is 366 g/mol. The lowest BCUT2D eigenvalue weighted by Gasteiger charge is -2.15. The van der Waals surface area contributed by atoms with Gasteiger partial charge in [0.25, 0.3) is 5.56 Å². The average molecular weight is 366 g/mol. The summed E-state index contributed by atoms with van der Waals surface area (Å²) in [5.74, 6) is -0.245. The van der Waals surface area contributed by atoms with E-state index in [1.165, 1.54) is 17.3 Å². The number of aromatic nitrogens is 2. The van der Waals surface area contributed by atoms with Gasteiger partial charge in [0.2, 0.25) is 0 Å². The molecular weight excluding hydrogens is 348 g/mol. The summed E-state index contributed by atoms with van der Waals surface area (Å²) in [6.07, 6.45) is 1.56. The van der Waals surface area contributed by atoms with E-state index >= 15 is 0 Å². The average Bonchev–Trinajstić information content (AvgIpc) is 3.07. The maximum Gasteiger partial charge on any atom is 0.319 e. The molecule has 1 aliphatic rings. The van der Waals surface area contributed by atoms with E-state index in [-0.39, 0.29) is 16.8 Å². The fraction of sp³-hybridized carbons (Fsp3) is 0.250. The molecule has 0 bridgehead atoms. The van der Waals surface area contributed by atoms with Gasteiger partial charge in [0, 0.05) is 6.42 Å². The lowest BCUT2D eigenvalue weighted by atomic mass is 10.1. The number of aryl methyl sites for hydroxylation is 1. The van der Waals surface area contributed by atoms with Crippen molar-refractivity contribution in [2.75, 3.05) is 6.61 Å². The molecule has 4 rings (SSSR count). The molecule has 0 spiro atoms. The van der Waals surface area contributed by atoms with Gasteiger partial charge in [-0.05, 0) is 36.2 Å².